The van der Waals surface area contributed by atoms with Gasteiger partial charge in [0, 0.05) is 50.0 Å². The molecule has 2 amide bonds. The molecule has 3 rings (SSSR count). The summed E-state index contributed by atoms with van der Waals surface area (Å²) < 4.78 is 5.94. The van der Waals surface area contributed by atoms with Gasteiger partial charge < -0.3 is 19.9 Å². The number of anilines is 1. The molecule has 31 heavy (non-hydrogen) atoms. The number of nitrogens with zero attached hydrogens (tertiary/aromatic N) is 2. The molecule has 6 nitrogen and oxygen atoms in total. The Labute approximate surface area is 185 Å². The van der Waals surface area contributed by atoms with E-state index in [4.69, 9.17) is 4.74 Å². The lowest BCUT2D eigenvalue weighted by Gasteiger charge is -2.32. The summed E-state index contributed by atoms with van der Waals surface area (Å²) in [4.78, 5) is 28.7. The molecular weight excluding hydrogens is 390 g/mol. The molecule has 2 aromatic rings. The van der Waals surface area contributed by atoms with E-state index in [1.54, 1.807) is 12.1 Å². The van der Waals surface area contributed by atoms with E-state index in [9.17, 15) is 9.59 Å². The summed E-state index contributed by atoms with van der Waals surface area (Å²) in [5.74, 6) is 1.21. The fraction of sp³-hybridized carbons (Fsp3) is 0.440. The normalized spacial score (nSPS) is 14.4. The van der Waals surface area contributed by atoms with E-state index in [-0.39, 0.29) is 17.9 Å². The molecule has 0 bridgehead atoms. The van der Waals surface area contributed by atoms with Crippen LogP contribution >= 0.6 is 0 Å². The Bertz CT molecular complexity index is 868. The Morgan fingerprint density at radius 1 is 1.00 bits per heavy atom. The van der Waals surface area contributed by atoms with Crippen molar-refractivity contribution in [3.05, 3.63) is 59.7 Å². The third-order valence-electron chi connectivity index (χ3n) is 5.55. The molecule has 0 aliphatic carbocycles. The molecule has 0 unspecified atom stereocenters. The van der Waals surface area contributed by atoms with Gasteiger partial charge in [0.1, 0.15) is 5.75 Å². The van der Waals surface area contributed by atoms with Gasteiger partial charge in [-0.05, 0) is 81.1 Å². The lowest BCUT2D eigenvalue weighted by molar-refractivity contribution is 0.0660. The molecule has 0 aromatic heterocycles. The average molecular weight is 424 g/mol. The van der Waals surface area contributed by atoms with Crippen molar-refractivity contribution in [3.63, 3.8) is 0 Å². The molecule has 1 heterocycles. The van der Waals surface area contributed by atoms with Crippen LogP contribution in [0, 0.1) is 5.92 Å². The highest BCUT2D eigenvalue weighted by Crippen LogP contribution is 2.22. The quantitative estimate of drug-likeness (QED) is 0.735. The Kier molecular flexibility index (Phi) is 7.55. The van der Waals surface area contributed by atoms with Gasteiger partial charge in [0.2, 0.25) is 0 Å². The van der Waals surface area contributed by atoms with Crippen LogP contribution in [0.1, 0.15) is 47.4 Å². The molecule has 1 N–H and O–H groups in total. The molecule has 0 saturated carbocycles. The highest BCUT2D eigenvalue weighted by Gasteiger charge is 2.24. The van der Waals surface area contributed by atoms with Gasteiger partial charge in [-0.15, -0.1) is 0 Å². The molecule has 1 aliphatic rings. The number of rotatable bonds is 7. The second-order valence-corrected chi connectivity index (χ2v) is 8.64. The number of carbonyl (C=O) groups is 2. The molecule has 0 radical (unpaired) electrons. The van der Waals surface area contributed by atoms with Crippen molar-refractivity contribution in [1.29, 1.82) is 0 Å². The van der Waals surface area contributed by atoms with Gasteiger partial charge in [-0.1, -0.05) is 0 Å². The van der Waals surface area contributed by atoms with Gasteiger partial charge in [0.25, 0.3) is 11.8 Å². The highest BCUT2D eigenvalue weighted by molar-refractivity contribution is 5.95. The summed E-state index contributed by atoms with van der Waals surface area (Å²) in [5, 5.41) is 2.88. The van der Waals surface area contributed by atoms with Gasteiger partial charge in [-0.3, -0.25) is 9.59 Å². The molecule has 0 spiro atoms. The molecule has 1 fully saturated rings. The van der Waals surface area contributed by atoms with E-state index >= 15 is 0 Å². The van der Waals surface area contributed by atoms with Gasteiger partial charge in [-0.2, -0.15) is 0 Å². The van der Waals surface area contributed by atoms with Crippen LogP contribution in [0.4, 0.5) is 5.69 Å². The molecular formula is C25H33N3O3. The predicted octanol–water partition coefficient (Wildman–Crippen LogP) is 3.82. The van der Waals surface area contributed by atoms with E-state index in [0.717, 1.165) is 42.9 Å². The minimum Gasteiger partial charge on any atom is -0.493 e. The maximum absolute atomic E-state index is 12.8. The Morgan fingerprint density at radius 2 is 1.58 bits per heavy atom. The first-order valence-electron chi connectivity index (χ1n) is 10.9. The number of piperidine rings is 1. The van der Waals surface area contributed by atoms with Crippen molar-refractivity contribution < 1.29 is 14.3 Å². The lowest BCUT2D eigenvalue weighted by atomic mass is 9.97. The number of amides is 2. The lowest BCUT2D eigenvalue weighted by Crippen LogP contribution is -2.39. The van der Waals surface area contributed by atoms with E-state index in [1.165, 1.54) is 0 Å². The van der Waals surface area contributed by atoms with Crippen molar-refractivity contribution >= 4 is 17.5 Å². The third kappa shape index (κ3) is 6.23. The second kappa shape index (κ2) is 10.3. The molecule has 2 aromatic carbocycles. The van der Waals surface area contributed by atoms with Crippen LogP contribution in [0.5, 0.6) is 5.75 Å². The Balaban J connectivity index is 1.45. The topological polar surface area (TPSA) is 61.9 Å². The summed E-state index contributed by atoms with van der Waals surface area (Å²) in [7, 11) is 3.98. The summed E-state index contributed by atoms with van der Waals surface area (Å²) >= 11 is 0. The Morgan fingerprint density at radius 3 is 2.13 bits per heavy atom. The van der Waals surface area contributed by atoms with Crippen molar-refractivity contribution in [3.8, 4) is 5.75 Å². The fourth-order valence-electron chi connectivity index (χ4n) is 3.65. The van der Waals surface area contributed by atoms with Crippen LogP contribution in [0.2, 0.25) is 0 Å². The van der Waals surface area contributed by atoms with Gasteiger partial charge >= 0.3 is 0 Å². The highest BCUT2D eigenvalue weighted by atomic mass is 16.5. The fourth-order valence-corrected chi connectivity index (χ4v) is 3.65. The van der Waals surface area contributed by atoms with E-state index in [1.807, 2.05) is 74.1 Å². The summed E-state index contributed by atoms with van der Waals surface area (Å²) in [5.41, 5.74) is 2.45. The smallest absolute Gasteiger partial charge is 0.253 e. The minimum absolute atomic E-state index is 0.0741. The molecule has 0 atom stereocenters. The van der Waals surface area contributed by atoms with Gasteiger partial charge in [-0.25, -0.2) is 0 Å². The first-order valence-corrected chi connectivity index (χ1v) is 10.9. The summed E-state index contributed by atoms with van der Waals surface area (Å²) in [6.07, 6.45) is 1.85. The third-order valence-corrected chi connectivity index (χ3v) is 5.55. The first-order chi connectivity index (χ1) is 14.8. The SMILES string of the molecule is CC(C)NC(=O)c1ccc(OCC2CCN(C(=O)c3ccc(N(C)C)cc3)CC2)cc1. The molecule has 6 heteroatoms. The monoisotopic (exact) mass is 423 g/mol. The van der Waals surface area contributed by atoms with E-state index in [0.29, 0.717) is 18.1 Å². The number of hydrogen-bond donors (Lipinski definition) is 1. The van der Waals surface area contributed by atoms with Gasteiger partial charge in [0.15, 0.2) is 0 Å². The minimum atomic E-state index is -0.0741. The van der Waals surface area contributed by atoms with Crippen LogP contribution in [-0.2, 0) is 0 Å². The van der Waals surface area contributed by atoms with Crippen molar-refractivity contribution in [2.45, 2.75) is 32.7 Å². The number of likely N-dealkylation sites (tertiary alicyclic amines) is 1. The molecule has 1 aliphatic heterocycles. The van der Waals surface area contributed by atoms with Crippen molar-refractivity contribution in [2.75, 3.05) is 38.7 Å². The number of hydrogen-bond acceptors (Lipinski definition) is 4. The van der Waals surface area contributed by atoms with Crippen molar-refractivity contribution in [2.24, 2.45) is 5.92 Å². The van der Waals surface area contributed by atoms with Crippen LogP contribution in [-0.4, -0.2) is 56.5 Å². The van der Waals surface area contributed by atoms with Gasteiger partial charge in [0.05, 0.1) is 6.61 Å². The van der Waals surface area contributed by atoms with E-state index < -0.39 is 0 Å². The zero-order valence-corrected chi connectivity index (χ0v) is 18.9. The second-order valence-electron chi connectivity index (χ2n) is 8.64. The number of benzene rings is 2. The number of carbonyl (C=O) groups excluding carboxylic acids is 2. The standard InChI is InChI=1S/C25H33N3O3/c1-18(2)26-24(29)20-7-11-23(12-8-20)31-17-19-13-15-28(16-14-19)25(30)21-5-9-22(10-6-21)27(3)4/h5-12,18-19H,13-17H2,1-4H3,(H,26,29). The largest absolute Gasteiger partial charge is 0.493 e. The van der Waals surface area contributed by atoms with E-state index in [2.05, 4.69) is 5.32 Å². The number of nitrogens with one attached hydrogen (secondary N) is 1. The maximum Gasteiger partial charge on any atom is 0.253 e. The molecule has 166 valence electrons. The maximum atomic E-state index is 12.8. The molecule has 1 saturated heterocycles. The zero-order chi connectivity index (χ0) is 22.4. The Hall–Kier alpha value is -3.02. The van der Waals surface area contributed by atoms with Crippen LogP contribution in [0.25, 0.3) is 0 Å². The zero-order valence-electron chi connectivity index (χ0n) is 18.9. The average Bonchev–Trinajstić information content (AvgIpc) is 2.77. The summed E-state index contributed by atoms with van der Waals surface area (Å²) in [6.45, 7) is 5.99. The predicted molar refractivity (Wildman–Crippen MR) is 124 cm³/mol. The van der Waals surface area contributed by atoms with Crippen LogP contribution in [0.15, 0.2) is 48.5 Å². The van der Waals surface area contributed by atoms with Crippen LogP contribution < -0.4 is 15.0 Å². The van der Waals surface area contributed by atoms with Crippen LogP contribution in [0.3, 0.4) is 0 Å². The first kappa shape index (κ1) is 22.7. The summed E-state index contributed by atoms with van der Waals surface area (Å²) in [6, 6.07) is 15.1. The number of ether oxygens (including phenoxy) is 1. The van der Waals surface area contributed by atoms with Crippen molar-refractivity contribution in [1.82, 2.24) is 10.2 Å².